The highest BCUT2D eigenvalue weighted by Gasteiger charge is 2.11. The number of aromatic amines is 1. The number of H-pyrrole nitrogens is 1. The number of para-hydroxylation sites is 2. The Morgan fingerprint density at radius 1 is 1.05 bits per heavy atom. The summed E-state index contributed by atoms with van der Waals surface area (Å²) >= 11 is 0. The van der Waals surface area contributed by atoms with Gasteiger partial charge < -0.3 is 10.3 Å². The number of benzene rings is 2. The maximum absolute atomic E-state index is 4.66. The molecule has 2 aromatic carbocycles. The fourth-order valence-electron chi connectivity index (χ4n) is 2.71. The van der Waals surface area contributed by atoms with Crippen LogP contribution in [0.5, 0.6) is 0 Å². The number of hydrogen-bond donors (Lipinski definition) is 2. The van der Waals surface area contributed by atoms with Gasteiger partial charge in [0.15, 0.2) is 0 Å². The van der Waals surface area contributed by atoms with Gasteiger partial charge in [0.1, 0.15) is 5.82 Å². The van der Waals surface area contributed by atoms with Crippen LogP contribution < -0.4 is 5.32 Å². The summed E-state index contributed by atoms with van der Waals surface area (Å²) < 4.78 is 0. The Hall–Kier alpha value is -2.29. The average molecular weight is 249 g/mol. The van der Waals surface area contributed by atoms with Crippen molar-refractivity contribution in [2.75, 3.05) is 11.9 Å². The lowest BCUT2D eigenvalue weighted by atomic mass is 10.0. The monoisotopic (exact) mass is 249 g/mol. The van der Waals surface area contributed by atoms with Crippen molar-refractivity contribution < 1.29 is 0 Å². The van der Waals surface area contributed by atoms with Gasteiger partial charge in [0.2, 0.25) is 0 Å². The molecule has 0 fully saturated rings. The zero-order chi connectivity index (χ0) is 12.7. The van der Waals surface area contributed by atoms with Crippen LogP contribution in [-0.4, -0.2) is 16.5 Å². The maximum atomic E-state index is 4.66. The topological polar surface area (TPSA) is 40.7 Å². The van der Waals surface area contributed by atoms with Crippen molar-refractivity contribution in [3.8, 4) is 11.4 Å². The van der Waals surface area contributed by atoms with Gasteiger partial charge in [0, 0.05) is 17.8 Å². The molecular weight excluding hydrogens is 234 g/mol. The first-order valence-electron chi connectivity index (χ1n) is 6.72. The zero-order valence-electron chi connectivity index (χ0n) is 10.6. The zero-order valence-corrected chi connectivity index (χ0v) is 10.6. The van der Waals surface area contributed by atoms with Gasteiger partial charge in [-0.2, -0.15) is 0 Å². The van der Waals surface area contributed by atoms with Crippen LogP contribution in [-0.2, 0) is 6.42 Å². The molecule has 0 spiro atoms. The Balaban J connectivity index is 1.83. The summed E-state index contributed by atoms with van der Waals surface area (Å²) in [5.74, 6) is 0.953. The van der Waals surface area contributed by atoms with Gasteiger partial charge in [-0.25, -0.2) is 4.98 Å². The molecule has 4 rings (SSSR count). The third-order valence-corrected chi connectivity index (χ3v) is 3.71. The quantitative estimate of drug-likeness (QED) is 0.692. The van der Waals surface area contributed by atoms with E-state index in [1.807, 2.05) is 18.2 Å². The molecule has 1 aliphatic heterocycles. The van der Waals surface area contributed by atoms with E-state index in [9.17, 15) is 0 Å². The number of aromatic nitrogens is 2. The molecule has 1 aliphatic rings. The smallest absolute Gasteiger partial charge is 0.138 e. The highest BCUT2D eigenvalue weighted by Crippen LogP contribution is 2.28. The normalized spacial score (nSPS) is 14.1. The summed E-state index contributed by atoms with van der Waals surface area (Å²) in [4.78, 5) is 8.04. The van der Waals surface area contributed by atoms with Crippen molar-refractivity contribution in [1.29, 1.82) is 0 Å². The predicted octanol–water partition coefficient (Wildman–Crippen LogP) is 3.59. The molecule has 0 bridgehead atoms. The van der Waals surface area contributed by atoms with Crippen molar-refractivity contribution >= 4 is 16.7 Å². The molecule has 19 heavy (non-hydrogen) atoms. The molecule has 0 radical (unpaired) electrons. The Bertz CT molecular complexity index is 710. The number of hydrogen-bond acceptors (Lipinski definition) is 2. The summed E-state index contributed by atoms with van der Waals surface area (Å²) in [5.41, 5.74) is 5.94. The summed E-state index contributed by atoms with van der Waals surface area (Å²) in [5, 5.41) is 3.44. The van der Waals surface area contributed by atoms with E-state index in [1.165, 1.54) is 23.2 Å². The number of fused-ring (bicyclic) bond motifs is 2. The highest BCUT2D eigenvalue weighted by atomic mass is 14.9. The summed E-state index contributed by atoms with van der Waals surface area (Å²) in [6.07, 6.45) is 2.35. The molecule has 94 valence electrons. The molecule has 2 heterocycles. The molecule has 3 heteroatoms. The first-order valence-corrected chi connectivity index (χ1v) is 6.72. The fourth-order valence-corrected chi connectivity index (χ4v) is 2.71. The van der Waals surface area contributed by atoms with Crippen molar-refractivity contribution in [3.05, 3.63) is 48.0 Å². The first-order chi connectivity index (χ1) is 9.40. The number of nitrogens with zero attached hydrogens (tertiary/aromatic N) is 1. The van der Waals surface area contributed by atoms with Gasteiger partial charge in [0.25, 0.3) is 0 Å². The lowest BCUT2D eigenvalue weighted by Crippen LogP contribution is -2.11. The molecule has 3 aromatic rings. The second-order valence-corrected chi connectivity index (χ2v) is 5.00. The van der Waals surface area contributed by atoms with E-state index in [4.69, 9.17) is 0 Å². The van der Waals surface area contributed by atoms with Gasteiger partial charge in [0.05, 0.1) is 11.0 Å². The predicted molar refractivity (Wildman–Crippen MR) is 78.3 cm³/mol. The van der Waals surface area contributed by atoms with Crippen molar-refractivity contribution in [2.45, 2.75) is 12.8 Å². The Morgan fingerprint density at radius 3 is 2.95 bits per heavy atom. The third-order valence-electron chi connectivity index (χ3n) is 3.71. The van der Waals surface area contributed by atoms with E-state index < -0.39 is 0 Å². The van der Waals surface area contributed by atoms with Crippen LogP contribution in [0.3, 0.4) is 0 Å². The largest absolute Gasteiger partial charge is 0.385 e. The standard InChI is InChI=1S/C16H15N3/c1-2-6-15-14(5-1)18-16(19-15)12-7-8-13-11(10-12)4-3-9-17-13/h1-2,5-8,10,17H,3-4,9H2,(H,18,19). The summed E-state index contributed by atoms with van der Waals surface area (Å²) in [6, 6.07) is 14.7. The van der Waals surface area contributed by atoms with Crippen LogP contribution in [0, 0.1) is 0 Å². The lowest BCUT2D eigenvalue weighted by Gasteiger charge is -2.18. The van der Waals surface area contributed by atoms with Crippen LogP contribution in [0.4, 0.5) is 5.69 Å². The number of imidazole rings is 1. The number of anilines is 1. The van der Waals surface area contributed by atoms with Crippen LogP contribution in [0.15, 0.2) is 42.5 Å². The summed E-state index contributed by atoms with van der Waals surface area (Å²) in [6.45, 7) is 1.08. The molecular formula is C16H15N3. The van der Waals surface area contributed by atoms with Crippen molar-refractivity contribution in [2.24, 2.45) is 0 Å². The molecule has 0 saturated heterocycles. The van der Waals surface area contributed by atoms with E-state index in [0.717, 1.165) is 29.8 Å². The molecule has 0 saturated carbocycles. The molecule has 0 unspecified atom stereocenters. The van der Waals surface area contributed by atoms with E-state index in [2.05, 4.69) is 39.6 Å². The Morgan fingerprint density at radius 2 is 2.00 bits per heavy atom. The molecule has 0 aliphatic carbocycles. The van der Waals surface area contributed by atoms with Crippen LogP contribution in [0.1, 0.15) is 12.0 Å². The fraction of sp³-hybridized carbons (Fsp3) is 0.188. The Kier molecular flexibility index (Phi) is 2.30. The molecule has 1 aromatic heterocycles. The van der Waals surface area contributed by atoms with Crippen molar-refractivity contribution in [1.82, 2.24) is 9.97 Å². The number of aryl methyl sites for hydroxylation is 1. The van der Waals surface area contributed by atoms with Crippen molar-refractivity contribution in [3.63, 3.8) is 0 Å². The van der Waals surface area contributed by atoms with Crippen LogP contribution in [0.25, 0.3) is 22.4 Å². The third kappa shape index (κ3) is 1.78. The van der Waals surface area contributed by atoms with Gasteiger partial charge >= 0.3 is 0 Å². The van der Waals surface area contributed by atoms with E-state index in [0.29, 0.717) is 0 Å². The van der Waals surface area contributed by atoms with Gasteiger partial charge in [-0.15, -0.1) is 0 Å². The van der Waals surface area contributed by atoms with Gasteiger partial charge in [-0.3, -0.25) is 0 Å². The molecule has 3 nitrogen and oxygen atoms in total. The minimum atomic E-state index is 0.953. The molecule has 2 N–H and O–H groups in total. The second kappa shape index (κ2) is 4.12. The SMILES string of the molecule is c1ccc2[nH]c(-c3ccc4c(c3)CCCN4)nc2c1. The number of rotatable bonds is 1. The molecule has 0 amide bonds. The second-order valence-electron chi connectivity index (χ2n) is 5.00. The lowest BCUT2D eigenvalue weighted by molar-refractivity contribution is 0.830. The molecule has 0 atom stereocenters. The van der Waals surface area contributed by atoms with Gasteiger partial charge in [-0.1, -0.05) is 12.1 Å². The minimum Gasteiger partial charge on any atom is -0.385 e. The van der Waals surface area contributed by atoms with E-state index in [-0.39, 0.29) is 0 Å². The van der Waals surface area contributed by atoms with Crippen LogP contribution >= 0.6 is 0 Å². The minimum absolute atomic E-state index is 0.953. The van der Waals surface area contributed by atoms with Gasteiger partial charge in [-0.05, 0) is 48.7 Å². The highest BCUT2D eigenvalue weighted by molar-refractivity contribution is 5.79. The summed E-state index contributed by atoms with van der Waals surface area (Å²) in [7, 11) is 0. The maximum Gasteiger partial charge on any atom is 0.138 e. The van der Waals surface area contributed by atoms with E-state index in [1.54, 1.807) is 0 Å². The average Bonchev–Trinajstić information content (AvgIpc) is 2.90. The number of nitrogens with one attached hydrogen (secondary N) is 2. The Labute approximate surface area is 111 Å². The van der Waals surface area contributed by atoms with E-state index >= 15 is 0 Å². The first kappa shape index (κ1) is 10.6. The van der Waals surface area contributed by atoms with Crippen LogP contribution in [0.2, 0.25) is 0 Å².